The highest BCUT2D eigenvalue weighted by Gasteiger charge is 1.95. The van der Waals surface area contributed by atoms with E-state index in [2.05, 4.69) is 25.7 Å². The van der Waals surface area contributed by atoms with Crippen LogP contribution in [0, 0.1) is 0 Å². The van der Waals surface area contributed by atoms with Crippen molar-refractivity contribution in [2.24, 2.45) is 0 Å². The van der Waals surface area contributed by atoms with Crippen LogP contribution in [-0.2, 0) is 9.53 Å². The van der Waals surface area contributed by atoms with E-state index in [1.807, 2.05) is 0 Å². The van der Waals surface area contributed by atoms with E-state index >= 15 is 0 Å². The predicted octanol–water partition coefficient (Wildman–Crippen LogP) is 5.97. The van der Waals surface area contributed by atoms with E-state index in [-0.39, 0.29) is 5.97 Å². The molecule has 0 unspecified atom stereocenters. The maximum Gasteiger partial charge on any atom is 0.330 e. The SMILES string of the molecule is C=CC(=O)OCCCCCCCCCCC=CCCCC. The van der Waals surface area contributed by atoms with Crippen LogP contribution in [0.15, 0.2) is 24.8 Å². The number of ether oxygens (including phenoxy) is 1. The molecule has 0 heterocycles. The number of hydrogen-bond donors (Lipinski definition) is 0. The van der Waals surface area contributed by atoms with Crippen LogP contribution in [0.25, 0.3) is 0 Å². The quantitative estimate of drug-likeness (QED) is 0.161. The fourth-order valence-corrected chi connectivity index (χ4v) is 2.21. The third-order valence-corrected chi connectivity index (χ3v) is 3.57. The zero-order chi connectivity index (χ0) is 15.6. The van der Waals surface area contributed by atoms with E-state index in [4.69, 9.17) is 4.74 Å². The average molecular weight is 294 g/mol. The molecule has 21 heavy (non-hydrogen) atoms. The average Bonchev–Trinajstić information content (AvgIpc) is 2.50. The van der Waals surface area contributed by atoms with Gasteiger partial charge in [0.25, 0.3) is 0 Å². The Morgan fingerprint density at radius 2 is 1.38 bits per heavy atom. The third kappa shape index (κ3) is 16.9. The number of hydrogen-bond acceptors (Lipinski definition) is 2. The predicted molar refractivity (Wildman–Crippen MR) is 91.4 cm³/mol. The van der Waals surface area contributed by atoms with Crippen molar-refractivity contribution >= 4 is 5.97 Å². The second kappa shape index (κ2) is 17.0. The summed E-state index contributed by atoms with van der Waals surface area (Å²) in [4.78, 5) is 10.8. The molecule has 122 valence electrons. The molecule has 2 heteroatoms. The van der Waals surface area contributed by atoms with Gasteiger partial charge in [0.2, 0.25) is 0 Å². The van der Waals surface area contributed by atoms with Crippen LogP contribution in [0.5, 0.6) is 0 Å². The van der Waals surface area contributed by atoms with Crippen molar-refractivity contribution in [3.63, 3.8) is 0 Å². The largest absolute Gasteiger partial charge is 0.463 e. The summed E-state index contributed by atoms with van der Waals surface area (Å²) in [5.74, 6) is -0.307. The van der Waals surface area contributed by atoms with E-state index in [0.29, 0.717) is 6.61 Å². The number of carbonyl (C=O) groups excluding carboxylic acids is 1. The van der Waals surface area contributed by atoms with Crippen molar-refractivity contribution in [3.05, 3.63) is 24.8 Å². The molecule has 0 radical (unpaired) electrons. The van der Waals surface area contributed by atoms with Crippen LogP contribution in [0.1, 0.15) is 84.0 Å². The molecule has 0 bridgehead atoms. The lowest BCUT2D eigenvalue weighted by molar-refractivity contribution is -0.137. The number of unbranched alkanes of at least 4 members (excludes halogenated alkanes) is 10. The van der Waals surface area contributed by atoms with Gasteiger partial charge >= 0.3 is 5.97 Å². The van der Waals surface area contributed by atoms with E-state index in [1.165, 1.54) is 70.3 Å². The van der Waals surface area contributed by atoms with Crippen molar-refractivity contribution < 1.29 is 9.53 Å². The number of carbonyl (C=O) groups is 1. The van der Waals surface area contributed by atoms with Gasteiger partial charge in [0.1, 0.15) is 0 Å². The van der Waals surface area contributed by atoms with Crippen LogP contribution >= 0.6 is 0 Å². The molecule has 0 aromatic carbocycles. The van der Waals surface area contributed by atoms with Crippen LogP contribution in [-0.4, -0.2) is 12.6 Å². The molecule has 2 nitrogen and oxygen atoms in total. The molecule has 0 aliphatic carbocycles. The second-order valence-corrected chi connectivity index (χ2v) is 5.60. The Hall–Kier alpha value is -1.05. The molecule has 0 aromatic heterocycles. The minimum atomic E-state index is -0.307. The minimum absolute atomic E-state index is 0.307. The summed E-state index contributed by atoms with van der Waals surface area (Å²) in [7, 11) is 0. The van der Waals surface area contributed by atoms with Gasteiger partial charge in [-0.2, -0.15) is 0 Å². The summed E-state index contributed by atoms with van der Waals surface area (Å²) in [6.45, 7) is 6.14. The lowest BCUT2D eigenvalue weighted by Crippen LogP contribution is -2.01. The molecule has 0 N–H and O–H groups in total. The molecule has 0 saturated carbocycles. The molecule has 0 aliphatic rings. The van der Waals surface area contributed by atoms with Crippen molar-refractivity contribution in [2.75, 3.05) is 6.61 Å². The highest BCUT2D eigenvalue weighted by molar-refractivity contribution is 5.81. The zero-order valence-corrected chi connectivity index (χ0v) is 13.9. The fraction of sp³-hybridized carbons (Fsp3) is 0.737. The van der Waals surface area contributed by atoms with E-state index in [1.54, 1.807) is 0 Å². The van der Waals surface area contributed by atoms with Crippen molar-refractivity contribution in [3.8, 4) is 0 Å². The maximum absolute atomic E-state index is 10.8. The highest BCUT2D eigenvalue weighted by Crippen LogP contribution is 2.10. The Morgan fingerprint density at radius 3 is 1.95 bits per heavy atom. The molecule has 0 fully saturated rings. The third-order valence-electron chi connectivity index (χ3n) is 3.57. The van der Waals surface area contributed by atoms with Gasteiger partial charge in [-0.15, -0.1) is 0 Å². The lowest BCUT2D eigenvalue weighted by atomic mass is 10.1. The van der Waals surface area contributed by atoms with E-state index in [9.17, 15) is 4.79 Å². The van der Waals surface area contributed by atoms with Crippen molar-refractivity contribution in [1.82, 2.24) is 0 Å². The Morgan fingerprint density at radius 1 is 0.857 bits per heavy atom. The summed E-state index contributed by atoms with van der Waals surface area (Å²) in [5, 5.41) is 0. The Balaban J connectivity index is 3.07. The molecule has 0 amide bonds. The van der Waals surface area contributed by atoms with Crippen molar-refractivity contribution in [2.45, 2.75) is 84.0 Å². The molecule has 0 saturated heterocycles. The molecule has 0 spiro atoms. The van der Waals surface area contributed by atoms with Gasteiger partial charge < -0.3 is 4.74 Å². The fourth-order valence-electron chi connectivity index (χ4n) is 2.21. The van der Waals surface area contributed by atoms with Crippen LogP contribution in [0.3, 0.4) is 0 Å². The second-order valence-electron chi connectivity index (χ2n) is 5.60. The van der Waals surface area contributed by atoms with Gasteiger partial charge in [-0.25, -0.2) is 4.79 Å². The van der Waals surface area contributed by atoms with Crippen molar-refractivity contribution in [1.29, 1.82) is 0 Å². The number of rotatable bonds is 15. The summed E-state index contributed by atoms with van der Waals surface area (Å²) in [6, 6.07) is 0. The standard InChI is InChI=1S/C19H34O2/c1-3-5-6-7-8-9-10-11-12-13-14-15-16-17-18-21-19(20)4-2/h4,7-8H,2-3,5-6,9-18H2,1H3. The smallest absolute Gasteiger partial charge is 0.330 e. The van der Waals surface area contributed by atoms with Gasteiger partial charge in [-0.3, -0.25) is 0 Å². The topological polar surface area (TPSA) is 26.3 Å². The van der Waals surface area contributed by atoms with Gasteiger partial charge in [-0.05, 0) is 25.7 Å². The minimum Gasteiger partial charge on any atom is -0.463 e. The Kier molecular flexibility index (Phi) is 16.2. The molecule has 0 aromatic rings. The van der Waals surface area contributed by atoms with Crippen LogP contribution in [0.2, 0.25) is 0 Å². The molecule has 0 aliphatic heterocycles. The number of esters is 1. The van der Waals surface area contributed by atoms with Gasteiger partial charge in [0.15, 0.2) is 0 Å². The maximum atomic E-state index is 10.8. The highest BCUT2D eigenvalue weighted by atomic mass is 16.5. The summed E-state index contributed by atoms with van der Waals surface area (Å²) in [5.41, 5.74) is 0. The van der Waals surface area contributed by atoms with Gasteiger partial charge in [0.05, 0.1) is 6.61 Å². The van der Waals surface area contributed by atoms with Gasteiger partial charge in [-0.1, -0.05) is 77.0 Å². The molecular formula is C19H34O2. The lowest BCUT2D eigenvalue weighted by Gasteiger charge is -2.02. The Labute approximate surface area is 131 Å². The Bertz CT molecular complexity index is 269. The first-order valence-electron chi connectivity index (χ1n) is 8.75. The normalized spacial score (nSPS) is 10.9. The summed E-state index contributed by atoms with van der Waals surface area (Å²) < 4.78 is 4.93. The van der Waals surface area contributed by atoms with Crippen LogP contribution < -0.4 is 0 Å². The zero-order valence-electron chi connectivity index (χ0n) is 13.9. The first-order valence-corrected chi connectivity index (χ1v) is 8.75. The summed E-state index contributed by atoms with van der Waals surface area (Å²) in [6.07, 6.45) is 21.1. The molecule has 0 atom stereocenters. The molecular weight excluding hydrogens is 260 g/mol. The molecule has 0 rings (SSSR count). The van der Waals surface area contributed by atoms with E-state index in [0.717, 1.165) is 12.8 Å². The monoisotopic (exact) mass is 294 g/mol. The first-order chi connectivity index (χ1) is 10.3. The van der Waals surface area contributed by atoms with Gasteiger partial charge in [0, 0.05) is 6.08 Å². The van der Waals surface area contributed by atoms with Crippen LogP contribution in [0.4, 0.5) is 0 Å². The first kappa shape index (κ1) is 19.9. The number of allylic oxidation sites excluding steroid dienone is 2. The summed E-state index contributed by atoms with van der Waals surface area (Å²) >= 11 is 0. The van der Waals surface area contributed by atoms with E-state index < -0.39 is 0 Å².